The van der Waals surface area contributed by atoms with Crippen LogP contribution >= 0.6 is 11.6 Å². The van der Waals surface area contributed by atoms with E-state index in [9.17, 15) is 9.18 Å². The van der Waals surface area contributed by atoms with Gasteiger partial charge in [0.15, 0.2) is 0 Å². The summed E-state index contributed by atoms with van der Waals surface area (Å²) in [6, 6.07) is 21.5. The fraction of sp³-hybridized carbons (Fsp3) is 0.0800. The molecule has 4 aromatic rings. The Balaban J connectivity index is 1.67. The van der Waals surface area contributed by atoms with Crippen LogP contribution in [0.1, 0.15) is 24.4 Å². The Morgan fingerprint density at radius 3 is 2.58 bits per heavy atom. The van der Waals surface area contributed by atoms with Gasteiger partial charge in [0.25, 0.3) is 5.89 Å². The summed E-state index contributed by atoms with van der Waals surface area (Å²) in [7, 11) is 0. The average molecular weight is 461 g/mol. The highest BCUT2D eigenvalue weighted by Gasteiger charge is 2.36. The molecule has 1 N–H and O–H groups in total. The maximum absolute atomic E-state index is 13.9. The van der Waals surface area contributed by atoms with Crippen LogP contribution in [0.3, 0.4) is 0 Å². The lowest BCUT2D eigenvalue weighted by Crippen LogP contribution is -2.46. The number of halogens is 2. The molecule has 0 fully saturated rings. The summed E-state index contributed by atoms with van der Waals surface area (Å²) in [5.74, 6) is 0.221. The summed E-state index contributed by atoms with van der Waals surface area (Å²) in [5, 5.41) is 7.64. The van der Waals surface area contributed by atoms with Crippen LogP contribution in [0.5, 0.6) is 0 Å². The summed E-state index contributed by atoms with van der Waals surface area (Å²) < 4.78 is 19.6. The van der Waals surface area contributed by atoms with Gasteiger partial charge < -0.3 is 9.84 Å². The predicted molar refractivity (Wildman–Crippen MR) is 124 cm³/mol. The summed E-state index contributed by atoms with van der Waals surface area (Å²) in [5.41, 5.74) is 3.07. The van der Waals surface area contributed by atoms with Crippen molar-refractivity contribution in [2.45, 2.75) is 13.0 Å². The molecule has 1 aromatic heterocycles. The third-order valence-corrected chi connectivity index (χ3v) is 5.66. The van der Waals surface area contributed by atoms with Crippen molar-refractivity contribution < 1.29 is 13.7 Å². The van der Waals surface area contributed by atoms with Crippen LogP contribution < -0.4 is 10.2 Å². The van der Waals surface area contributed by atoms with E-state index in [-0.39, 0.29) is 5.89 Å². The minimum Gasteiger partial charge on any atom is -0.334 e. The molecule has 1 atom stereocenters. The second kappa shape index (κ2) is 8.52. The van der Waals surface area contributed by atoms with E-state index in [0.29, 0.717) is 27.8 Å². The molecule has 6 nitrogen and oxygen atoms in total. The van der Waals surface area contributed by atoms with Gasteiger partial charge in [0.1, 0.15) is 5.82 Å². The maximum atomic E-state index is 13.9. The van der Waals surface area contributed by atoms with Gasteiger partial charge in [0.2, 0.25) is 5.82 Å². The third kappa shape index (κ3) is 3.99. The predicted octanol–water partition coefficient (Wildman–Crippen LogP) is 6.23. The lowest BCUT2D eigenvalue weighted by molar-refractivity contribution is 0.244. The fourth-order valence-electron chi connectivity index (χ4n) is 3.92. The number of carbonyl (C=O) groups is 1. The minimum absolute atomic E-state index is 0.248. The zero-order chi connectivity index (χ0) is 22.9. The van der Waals surface area contributed by atoms with E-state index >= 15 is 0 Å². The highest BCUT2D eigenvalue weighted by molar-refractivity contribution is 6.30. The Morgan fingerprint density at radius 2 is 1.82 bits per heavy atom. The molecule has 0 saturated carbocycles. The number of amides is 2. The van der Waals surface area contributed by atoms with Crippen molar-refractivity contribution in [3.05, 3.63) is 107 Å². The Bertz CT molecular complexity index is 1370. The van der Waals surface area contributed by atoms with Gasteiger partial charge in [-0.25, -0.2) is 9.18 Å². The molecule has 0 radical (unpaired) electrons. The van der Waals surface area contributed by atoms with Crippen molar-refractivity contribution in [3.8, 4) is 11.4 Å². The quantitative estimate of drug-likeness (QED) is 0.392. The zero-order valence-electron chi connectivity index (χ0n) is 17.5. The van der Waals surface area contributed by atoms with Crippen molar-refractivity contribution in [1.29, 1.82) is 0 Å². The van der Waals surface area contributed by atoms with Crippen molar-refractivity contribution in [1.82, 2.24) is 15.5 Å². The van der Waals surface area contributed by atoms with Crippen LogP contribution in [-0.4, -0.2) is 16.2 Å². The SMILES string of the molecule is CC1=C(c2nc(-c3ccccc3)no2)C(c2cccc(Cl)c2)NC(=O)N1c1cccc(F)c1. The fourth-order valence-corrected chi connectivity index (χ4v) is 4.12. The van der Waals surface area contributed by atoms with Gasteiger partial charge in [-0.05, 0) is 42.8 Å². The third-order valence-electron chi connectivity index (χ3n) is 5.42. The molecule has 33 heavy (non-hydrogen) atoms. The van der Waals surface area contributed by atoms with E-state index in [0.717, 1.165) is 11.1 Å². The molecule has 1 aliphatic heterocycles. The Kier molecular flexibility index (Phi) is 5.40. The molecular weight excluding hydrogens is 443 g/mol. The summed E-state index contributed by atoms with van der Waals surface area (Å²) in [6.07, 6.45) is 0. The number of urea groups is 1. The molecule has 164 valence electrons. The highest BCUT2D eigenvalue weighted by atomic mass is 35.5. The van der Waals surface area contributed by atoms with Gasteiger partial charge in [-0.2, -0.15) is 4.98 Å². The maximum Gasteiger partial charge on any atom is 0.327 e. The molecule has 0 bridgehead atoms. The standard InChI is InChI=1S/C25H18ClFN4O2/c1-15-21(24-29-23(30-33-24)16-7-3-2-4-8-16)22(17-9-5-10-18(26)13-17)28-25(32)31(15)20-12-6-11-19(27)14-20/h2-14,22H,1H3,(H,28,32). The van der Waals surface area contributed by atoms with Gasteiger partial charge in [-0.3, -0.25) is 4.90 Å². The second-order valence-electron chi connectivity index (χ2n) is 7.54. The number of carbonyl (C=O) groups excluding carboxylic acids is 1. The normalized spacial score (nSPS) is 16.2. The molecular formula is C25H18ClFN4O2. The molecule has 0 saturated heterocycles. The van der Waals surface area contributed by atoms with Gasteiger partial charge in [0.05, 0.1) is 17.3 Å². The second-order valence-corrected chi connectivity index (χ2v) is 7.98. The number of allylic oxidation sites excluding steroid dienone is 1. The average Bonchev–Trinajstić information content (AvgIpc) is 3.29. The van der Waals surface area contributed by atoms with E-state index in [4.69, 9.17) is 16.1 Å². The Labute approximate surface area is 194 Å². The Morgan fingerprint density at radius 1 is 1.03 bits per heavy atom. The number of hydrogen-bond acceptors (Lipinski definition) is 4. The number of benzene rings is 3. The molecule has 2 amide bonds. The summed E-state index contributed by atoms with van der Waals surface area (Å²) in [4.78, 5) is 19.1. The van der Waals surface area contributed by atoms with Crippen LogP contribution in [0.4, 0.5) is 14.9 Å². The topological polar surface area (TPSA) is 71.3 Å². The van der Waals surface area contributed by atoms with Gasteiger partial charge in [0, 0.05) is 16.3 Å². The van der Waals surface area contributed by atoms with E-state index in [1.165, 1.54) is 17.0 Å². The number of rotatable bonds is 4. The van der Waals surface area contributed by atoms with Gasteiger partial charge in [-0.1, -0.05) is 65.3 Å². The first kappa shape index (κ1) is 20.9. The smallest absolute Gasteiger partial charge is 0.327 e. The minimum atomic E-state index is -0.593. The van der Waals surface area contributed by atoms with Crippen LogP contribution in [-0.2, 0) is 0 Å². The molecule has 8 heteroatoms. The van der Waals surface area contributed by atoms with Crippen LogP contribution in [0.25, 0.3) is 17.0 Å². The van der Waals surface area contributed by atoms with Gasteiger partial charge >= 0.3 is 6.03 Å². The monoisotopic (exact) mass is 460 g/mol. The number of nitrogens with one attached hydrogen (secondary N) is 1. The van der Waals surface area contributed by atoms with Crippen LogP contribution in [0, 0.1) is 5.82 Å². The molecule has 5 rings (SSSR count). The van der Waals surface area contributed by atoms with Crippen molar-refractivity contribution >= 4 is 28.9 Å². The largest absolute Gasteiger partial charge is 0.334 e. The van der Waals surface area contributed by atoms with Crippen LogP contribution in [0.15, 0.2) is 89.1 Å². The number of hydrogen-bond donors (Lipinski definition) is 1. The van der Waals surface area contributed by atoms with Crippen molar-refractivity contribution in [3.63, 3.8) is 0 Å². The van der Waals surface area contributed by atoms with E-state index in [1.54, 1.807) is 37.3 Å². The molecule has 2 heterocycles. The number of nitrogens with zero attached hydrogens (tertiary/aromatic N) is 3. The van der Waals surface area contributed by atoms with E-state index in [1.807, 2.05) is 36.4 Å². The summed E-state index contributed by atoms with van der Waals surface area (Å²) >= 11 is 6.22. The molecule has 1 unspecified atom stereocenters. The molecule has 0 aliphatic carbocycles. The molecule has 1 aliphatic rings. The van der Waals surface area contributed by atoms with Gasteiger partial charge in [-0.15, -0.1) is 0 Å². The van der Waals surface area contributed by atoms with Crippen molar-refractivity contribution in [2.75, 3.05) is 4.90 Å². The highest BCUT2D eigenvalue weighted by Crippen LogP contribution is 2.39. The first-order chi connectivity index (χ1) is 16.0. The Hall–Kier alpha value is -3.97. The number of aromatic nitrogens is 2. The van der Waals surface area contributed by atoms with Crippen LogP contribution in [0.2, 0.25) is 5.02 Å². The molecule has 0 spiro atoms. The first-order valence-electron chi connectivity index (χ1n) is 10.2. The van der Waals surface area contributed by atoms with E-state index < -0.39 is 17.9 Å². The lowest BCUT2D eigenvalue weighted by Gasteiger charge is -2.35. The first-order valence-corrected chi connectivity index (χ1v) is 10.6. The number of anilines is 1. The lowest BCUT2D eigenvalue weighted by atomic mass is 9.94. The summed E-state index contributed by atoms with van der Waals surface area (Å²) in [6.45, 7) is 1.77. The van der Waals surface area contributed by atoms with E-state index in [2.05, 4.69) is 15.5 Å². The zero-order valence-corrected chi connectivity index (χ0v) is 18.3. The molecule has 3 aromatic carbocycles. The van der Waals surface area contributed by atoms with Crippen molar-refractivity contribution in [2.24, 2.45) is 0 Å².